The minimum Gasteiger partial charge on any atom is -0.350 e. The van der Waals surface area contributed by atoms with Crippen LogP contribution in [-0.4, -0.2) is 11.4 Å². The van der Waals surface area contributed by atoms with Crippen molar-refractivity contribution in [2.45, 2.75) is 38.8 Å². The van der Waals surface area contributed by atoms with Gasteiger partial charge in [0.05, 0.1) is 5.54 Å². The van der Waals surface area contributed by atoms with Crippen LogP contribution in [0.4, 0.5) is 0 Å². The lowest BCUT2D eigenvalue weighted by molar-refractivity contribution is -0.126. The fourth-order valence-corrected chi connectivity index (χ4v) is 2.11. The van der Waals surface area contributed by atoms with Crippen LogP contribution in [0, 0.1) is 0 Å². The Bertz CT molecular complexity index is 391. The van der Waals surface area contributed by atoms with Crippen molar-refractivity contribution in [2.24, 2.45) is 5.73 Å². The van der Waals surface area contributed by atoms with Gasteiger partial charge in [-0.1, -0.05) is 41.4 Å². The molecule has 0 saturated heterocycles. The summed E-state index contributed by atoms with van der Waals surface area (Å²) in [5.74, 6) is -0.0978. The molecule has 0 aliphatic carbocycles. The monoisotopic (exact) mass is 298 g/mol. The lowest BCUT2D eigenvalue weighted by Crippen LogP contribution is -2.51. The maximum atomic E-state index is 11.9. The third-order valence-electron chi connectivity index (χ3n) is 2.63. The van der Waals surface area contributed by atoms with Crippen LogP contribution in [0.3, 0.4) is 0 Å². The lowest BCUT2D eigenvalue weighted by Gasteiger charge is -2.22. The molecule has 1 atom stereocenters. The average molecular weight is 299 g/mol. The van der Waals surface area contributed by atoms with Crippen LogP contribution >= 0.6 is 15.9 Å². The van der Waals surface area contributed by atoms with Gasteiger partial charge in [-0.15, -0.1) is 0 Å². The summed E-state index contributed by atoms with van der Waals surface area (Å²) in [6.45, 7) is 4.30. The van der Waals surface area contributed by atoms with Gasteiger partial charge in [0.25, 0.3) is 0 Å². The van der Waals surface area contributed by atoms with Gasteiger partial charge in [-0.3, -0.25) is 4.79 Å². The van der Waals surface area contributed by atoms with Crippen molar-refractivity contribution in [2.75, 3.05) is 0 Å². The first-order valence-corrected chi connectivity index (χ1v) is 6.56. The molecule has 1 aromatic carbocycles. The highest BCUT2D eigenvalue weighted by molar-refractivity contribution is 9.10. The van der Waals surface area contributed by atoms with Gasteiger partial charge in [0, 0.05) is 11.0 Å². The number of halogens is 1. The summed E-state index contributed by atoms with van der Waals surface area (Å²) >= 11 is 3.40. The molecule has 3 N–H and O–H groups in total. The Hall–Kier alpha value is -0.870. The minimum atomic E-state index is -0.777. The number of hydrogen-bond donors (Lipinski definition) is 2. The summed E-state index contributed by atoms with van der Waals surface area (Å²) in [5.41, 5.74) is 6.22. The first-order valence-electron chi connectivity index (χ1n) is 5.77. The predicted octanol–water partition coefficient (Wildman–Crippen LogP) is 2.58. The van der Waals surface area contributed by atoms with Gasteiger partial charge >= 0.3 is 0 Å². The summed E-state index contributed by atoms with van der Waals surface area (Å²) in [6.07, 6.45) is 1.59. The molecular formula is C13H19BrN2O. The van der Waals surface area contributed by atoms with Gasteiger partial charge in [0.1, 0.15) is 0 Å². The van der Waals surface area contributed by atoms with Crippen molar-refractivity contribution >= 4 is 21.8 Å². The van der Waals surface area contributed by atoms with E-state index in [9.17, 15) is 4.79 Å². The molecule has 1 amide bonds. The van der Waals surface area contributed by atoms with E-state index in [0.717, 1.165) is 16.5 Å². The quantitative estimate of drug-likeness (QED) is 0.878. The zero-order valence-electron chi connectivity index (χ0n) is 10.3. The summed E-state index contributed by atoms with van der Waals surface area (Å²) in [5, 5.41) is 2.87. The first kappa shape index (κ1) is 14.2. The minimum absolute atomic E-state index is 0.0978. The second-order valence-corrected chi connectivity index (χ2v) is 5.40. The zero-order chi connectivity index (χ0) is 12.9. The molecule has 1 rings (SSSR count). The van der Waals surface area contributed by atoms with Crippen molar-refractivity contribution in [1.82, 2.24) is 5.32 Å². The molecule has 0 fully saturated rings. The number of benzene rings is 1. The Balaban J connectivity index is 2.54. The van der Waals surface area contributed by atoms with E-state index >= 15 is 0 Å². The molecule has 94 valence electrons. The Morgan fingerprint density at radius 2 is 2.24 bits per heavy atom. The van der Waals surface area contributed by atoms with E-state index < -0.39 is 5.54 Å². The Morgan fingerprint density at radius 3 is 2.82 bits per heavy atom. The van der Waals surface area contributed by atoms with Crippen LogP contribution in [0.25, 0.3) is 0 Å². The molecule has 1 unspecified atom stereocenters. The highest BCUT2D eigenvalue weighted by Gasteiger charge is 2.26. The fraction of sp³-hybridized carbons (Fsp3) is 0.462. The van der Waals surface area contributed by atoms with Crippen molar-refractivity contribution in [3.05, 3.63) is 34.3 Å². The number of carbonyl (C=O) groups excluding carboxylic acids is 1. The Kier molecular flexibility index (Phi) is 5.15. The van der Waals surface area contributed by atoms with Crippen molar-refractivity contribution in [3.63, 3.8) is 0 Å². The summed E-state index contributed by atoms with van der Waals surface area (Å²) < 4.78 is 1.01. The fourth-order valence-electron chi connectivity index (χ4n) is 1.66. The summed E-state index contributed by atoms with van der Waals surface area (Å²) in [6, 6.07) is 7.85. The van der Waals surface area contributed by atoms with E-state index in [2.05, 4.69) is 21.2 Å². The molecule has 3 nitrogen and oxygen atoms in total. The molecule has 0 saturated carbocycles. The van der Waals surface area contributed by atoms with Gasteiger partial charge in [0.15, 0.2) is 0 Å². The third kappa shape index (κ3) is 4.48. The smallest absolute Gasteiger partial charge is 0.240 e. The lowest BCUT2D eigenvalue weighted by atomic mass is 9.96. The zero-order valence-corrected chi connectivity index (χ0v) is 11.9. The summed E-state index contributed by atoms with van der Waals surface area (Å²) in [7, 11) is 0. The number of carbonyl (C=O) groups is 1. The number of nitrogens with one attached hydrogen (secondary N) is 1. The molecule has 0 bridgehead atoms. The molecule has 0 radical (unpaired) electrons. The summed E-state index contributed by atoms with van der Waals surface area (Å²) in [4.78, 5) is 11.9. The van der Waals surface area contributed by atoms with E-state index in [1.807, 2.05) is 31.2 Å². The van der Waals surface area contributed by atoms with Crippen LogP contribution in [0.1, 0.15) is 32.3 Å². The molecule has 0 aliphatic heterocycles. The van der Waals surface area contributed by atoms with Gasteiger partial charge < -0.3 is 11.1 Å². The van der Waals surface area contributed by atoms with E-state index in [-0.39, 0.29) is 5.91 Å². The van der Waals surface area contributed by atoms with E-state index in [1.54, 1.807) is 6.92 Å². The van der Waals surface area contributed by atoms with Crippen LogP contribution in [0.15, 0.2) is 28.7 Å². The number of amides is 1. The molecule has 0 heterocycles. The highest BCUT2D eigenvalue weighted by atomic mass is 79.9. The molecular weight excluding hydrogens is 280 g/mol. The van der Waals surface area contributed by atoms with Crippen molar-refractivity contribution in [1.29, 1.82) is 0 Å². The average Bonchev–Trinajstić information content (AvgIpc) is 2.26. The topological polar surface area (TPSA) is 55.1 Å². The van der Waals surface area contributed by atoms with Crippen LogP contribution < -0.4 is 11.1 Å². The largest absolute Gasteiger partial charge is 0.350 e. The van der Waals surface area contributed by atoms with Crippen molar-refractivity contribution < 1.29 is 4.79 Å². The van der Waals surface area contributed by atoms with E-state index in [1.165, 1.54) is 0 Å². The normalized spacial score (nSPS) is 14.1. The molecule has 0 spiro atoms. The van der Waals surface area contributed by atoms with E-state index in [4.69, 9.17) is 5.73 Å². The maximum Gasteiger partial charge on any atom is 0.240 e. The number of nitrogens with two attached hydrogens (primary N) is 1. The standard InChI is InChI=1S/C13H19BrN2O/c1-3-7-13(2,15)12(17)16-9-10-5-4-6-11(14)8-10/h4-6,8H,3,7,9,15H2,1-2H3,(H,16,17). The van der Waals surface area contributed by atoms with Crippen LogP contribution in [-0.2, 0) is 11.3 Å². The number of hydrogen-bond acceptors (Lipinski definition) is 2. The van der Waals surface area contributed by atoms with Gasteiger partial charge in [-0.05, 0) is 31.0 Å². The predicted molar refractivity (Wildman–Crippen MR) is 73.5 cm³/mol. The van der Waals surface area contributed by atoms with Crippen LogP contribution in [0.2, 0.25) is 0 Å². The number of rotatable bonds is 5. The molecule has 4 heteroatoms. The van der Waals surface area contributed by atoms with Gasteiger partial charge in [0.2, 0.25) is 5.91 Å². The Morgan fingerprint density at radius 1 is 1.53 bits per heavy atom. The molecule has 1 aromatic rings. The molecule has 0 aromatic heterocycles. The van der Waals surface area contributed by atoms with Gasteiger partial charge in [-0.2, -0.15) is 0 Å². The van der Waals surface area contributed by atoms with Crippen molar-refractivity contribution in [3.8, 4) is 0 Å². The molecule has 0 aliphatic rings. The first-order chi connectivity index (χ1) is 7.95. The Labute approximate surface area is 111 Å². The van der Waals surface area contributed by atoms with E-state index in [0.29, 0.717) is 13.0 Å². The maximum absolute atomic E-state index is 11.9. The highest BCUT2D eigenvalue weighted by Crippen LogP contribution is 2.12. The SMILES string of the molecule is CCCC(C)(N)C(=O)NCc1cccc(Br)c1. The second kappa shape index (κ2) is 6.17. The van der Waals surface area contributed by atoms with Crippen LogP contribution in [0.5, 0.6) is 0 Å². The van der Waals surface area contributed by atoms with Gasteiger partial charge in [-0.25, -0.2) is 0 Å². The second-order valence-electron chi connectivity index (χ2n) is 4.48. The third-order valence-corrected chi connectivity index (χ3v) is 3.12. The molecule has 17 heavy (non-hydrogen) atoms.